The van der Waals surface area contributed by atoms with Gasteiger partial charge in [-0.3, -0.25) is 4.79 Å². The lowest BCUT2D eigenvalue weighted by Crippen LogP contribution is -2.13. The average molecular weight is 254 g/mol. The molecule has 1 aromatic carbocycles. The number of para-hydroxylation sites is 1. The van der Waals surface area contributed by atoms with Crippen molar-refractivity contribution in [2.24, 2.45) is 0 Å². The number of carbonyl (C=O) groups excluding carboxylic acids is 1. The van der Waals surface area contributed by atoms with Gasteiger partial charge in [0.25, 0.3) is 0 Å². The van der Waals surface area contributed by atoms with Gasteiger partial charge in [-0.15, -0.1) is 0 Å². The third kappa shape index (κ3) is 2.15. The van der Waals surface area contributed by atoms with Crippen LogP contribution in [0.2, 0.25) is 0 Å². The zero-order chi connectivity index (χ0) is 9.97. The van der Waals surface area contributed by atoms with Gasteiger partial charge in [0, 0.05) is 5.69 Å². The number of hydrogen-bond acceptors (Lipinski definition) is 1. The van der Waals surface area contributed by atoms with E-state index >= 15 is 0 Å². The summed E-state index contributed by atoms with van der Waals surface area (Å²) in [6.07, 6.45) is 2.50. The second kappa shape index (κ2) is 4.13. The predicted molar refractivity (Wildman–Crippen MR) is 60.8 cm³/mol. The highest BCUT2D eigenvalue weighted by Crippen LogP contribution is 2.43. The molecule has 0 aromatic heterocycles. The highest BCUT2D eigenvalue weighted by Gasteiger charge is 2.25. The summed E-state index contributed by atoms with van der Waals surface area (Å²) in [5.41, 5.74) is 2.25. The topological polar surface area (TPSA) is 29.1 Å². The van der Waals surface area contributed by atoms with E-state index in [0.717, 1.165) is 5.69 Å². The van der Waals surface area contributed by atoms with Crippen molar-refractivity contribution in [3.05, 3.63) is 29.8 Å². The number of anilines is 1. The molecule has 2 rings (SSSR count). The highest BCUT2D eigenvalue weighted by atomic mass is 79.9. The van der Waals surface area contributed by atoms with Gasteiger partial charge in [-0.2, -0.15) is 0 Å². The normalized spacial score (nSPS) is 15.2. The Kier molecular flexibility index (Phi) is 2.87. The number of hydrogen-bond donors (Lipinski definition) is 1. The molecular weight excluding hydrogens is 242 g/mol. The molecule has 1 aromatic rings. The fraction of sp³-hybridized carbons (Fsp3) is 0.364. The molecule has 2 nitrogen and oxygen atoms in total. The molecule has 0 unspecified atom stereocenters. The molecule has 1 saturated carbocycles. The molecule has 74 valence electrons. The first-order valence-electron chi connectivity index (χ1n) is 4.76. The fourth-order valence-electron chi connectivity index (χ4n) is 1.54. The summed E-state index contributed by atoms with van der Waals surface area (Å²) in [4.78, 5) is 11.2. The number of alkyl halides is 1. The second-order valence-electron chi connectivity index (χ2n) is 3.54. The Labute approximate surface area is 91.8 Å². The second-order valence-corrected chi connectivity index (χ2v) is 4.10. The van der Waals surface area contributed by atoms with E-state index in [-0.39, 0.29) is 5.91 Å². The third-order valence-corrected chi connectivity index (χ3v) is 2.88. The lowest BCUT2D eigenvalue weighted by atomic mass is 10.1. The standard InChI is InChI=1S/C11H12BrNO/c12-7-11(14)13-10-4-2-1-3-9(10)8-5-6-8/h1-4,8H,5-7H2,(H,13,14). The van der Waals surface area contributed by atoms with Gasteiger partial charge in [0.1, 0.15) is 0 Å². The zero-order valence-electron chi connectivity index (χ0n) is 7.79. The van der Waals surface area contributed by atoms with Gasteiger partial charge in [0.2, 0.25) is 5.91 Å². The summed E-state index contributed by atoms with van der Waals surface area (Å²) in [6.45, 7) is 0. The molecule has 3 heteroatoms. The Morgan fingerprint density at radius 2 is 2.14 bits per heavy atom. The summed E-state index contributed by atoms with van der Waals surface area (Å²) in [7, 11) is 0. The van der Waals surface area contributed by atoms with Crippen LogP contribution in [0.1, 0.15) is 24.3 Å². The van der Waals surface area contributed by atoms with Crippen molar-refractivity contribution >= 4 is 27.5 Å². The van der Waals surface area contributed by atoms with Crippen molar-refractivity contribution in [1.82, 2.24) is 0 Å². The first-order valence-corrected chi connectivity index (χ1v) is 5.88. The summed E-state index contributed by atoms with van der Waals surface area (Å²) in [5, 5.41) is 3.25. The van der Waals surface area contributed by atoms with Crippen molar-refractivity contribution in [3.63, 3.8) is 0 Å². The van der Waals surface area contributed by atoms with Crippen molar-refractivity contribution < 1.29 is 4.79 Å². The quantitative estimate of drug-likeness (QED) is 0.825. The van der Waals surface area contributed by atoms with E-state index in [2.05, 4.69) is 27.3 Å². The summed E-state index contributed by atoms with van der Waals surface area (Å²) in [6, 6.07) is 8.04. The molecule has 1 fully saturated rings. The van der Waals surface area contributed by atoms with E-state index in [1.165, 1.54) is 18.4 Å². The van der Waals surface area contributed by atoms with E-state index in [0.29, 0.717) is 11.2 Å². The number of amides is 1. The highest BCUT2D eigenvalue weighted by molar-refractivity contribution is 9.09. The molecule has 14 heavy (non-hydrogen) atoms. The zero-order valence-corrected chi connectivity index (χ0v) is 9.38. The van der Waals surface area contributed by atoms with Crippen LogP contribution in [0.5, 0.6) is 0 Å². The molecule has 1 amide bonds. The SMILES string of the molecule is O=C(CBr)Nc1ccccc1C1CC1. The lowest BCUT2D eigenvalue weighted by Gasteiger charge is -2.08. The van der Waals surface area contributed by atoms with Crippen LogP contribution >= 0.6 is 15.9 Å². The Balaban J connectivity index is 2.18. The molecule has 0 atom stereocenters. The number of rotatable bonds is 3. The Bertz CT molecular complexity index is 347. The molecule has 0 spiro atoms. The van der Waals surface area contributed by atoms with Crippen molar-refractivity contribution in [2.75, 3.05) is 10.6 Å². The molecule has 0 bridgehead atoms. The Hall–Kier alpha value is -0.830. The average Bonchev–Trinajstić information content (AvgIpc) is 3.02. The van der Waals surface area contributed by atoms with Gasteiger partial charge < -0.3 is 5.32 Å². The molecular formula is C11H12BrNO. The van der Waals surface area contributed by atoms with Crippen LogP contribution in [0.25, 0.3) is 0 Å². The minimum Gasteiger partial charge on any atom is -0.325 e. The smallest absolute Gasteiger partial charge is 0.235 e. The lowest BCUT2D eigenvalue weighted by molar-refractivity contribution is -0.113. The maximum absolute atomic E-state index is 11.2. The minimum absolute atomic E-state index is 0.0121. The van der Waals surface area contributed by atoms with E-state index in [1.807, 2.05) is 18.2 Å². The molecule has 0 radical (unpaired) electrons. The van der Waals surface area contributed by atoms with Gasteiger partial charge >= 0.3 is 0 Å². The first kappa shape index (κ1) is 9.71. The van der Waals surface area contributed by atoms with Crippen LogP contribution < -0.4 is 5.32 Å². The molecule has 0 aliphatic heterocycles. The van der Waals surface area contributed by atoms with Crippen molar-refractivity contribution in [3.8, 4) is 0 Å². The summed E-state index contributed by atoms with van der Waals surface area (Å²) in [5.74, 6) is 0.680. The van der Waals surface area contributed by atoms with Crippen molar-refractivity contribution in [1.29, 1.82) is 0 Å². The van der Waals surface area contributed by atoms with Gasteiger partial charge in [-0.05, 0) is 30.4 Å². The fourth-order valence-corrected chi connectivity index (χ4v) is 1.68. The first-order chi connectivity index (χ1) is 6.81. The summed E-state index contributed by atoms with van der Waals surface area (Å²) >= 11 is 3.14. The number of benzene rings is 1. The summed E-state index contributed by atoms with van der Waals surface area (Å²) < 4.78 is 0. The molecule has 1 aliphatic carbocycles. The van der Waals surface area contributed by atoms with Gasteiger partial charge in [0.15, 0.2) is 0 Å². The van der Waals surface area contributed by atoms with Gasteiger partial charge in [-0.25, -0.2) is 0 Å². The van der Waals surface area contributed by atoms with E-state index in [4.69, 9.17) is 0 Å². The van der Waals surface area contributed by atoms with E-state index in [9.17, 15) is 4.79 Å². The monoisotopic (exact) mass is 253 g/mol. The Morgan fingerprint density at radius 1 is 1.43 bits per heavy atom. The Morgan fingerprint density at radius 3 is 2.79 bits per heavy atom. The van der Waals surface area contributed by atoms with E-state index in [1.54, 1.807) is 0 Å². The minimum atomic E-state index is 0.0121. The van der Waals surface area contributed by atoms with Crippen LogP contribution in [0.15, 0.2) is 24.3 Å². The van der Waals surface area contributed by atoms with Crippen LogP contribution in [0, 0.1) is 0 Å². The van der Waals surface area contributed by atoms with Gasteiger partial charge in [-0.1, -0.05) is 34.1 Å². The van der Waals surface area contributed by atoms with Crippen LogP contribution in [0.3, 0.4) is 0 Å². The number of nitrogens with one attached hydrogen (secondary N) is 1. The van der Waals surface area contributed by atoms with Crippen molar-refractivity contribution in [2.45, 2.75) is 18.8 Å². The predicted octanol–water partition coefficient (Wildman–Crippen LogP) is 2.90. The van der Waals surface area contributed by atoms with Crippen LogP contribution in [-0.2, 0) is 4.79 Å². The number of halogens is 1. The maximum Gasteiger partial charge on any atom is 0.235 e. The molecule has 1 N–H and O–H groups in total. The number of carbonyl (C=O) groups is 1. The van der Waals surface area contributed by atoms with E-state index < -0.39 is 0 Å². The van der Waals surface area contributed by atoms with Gasteiger partial charge in [0.05, 0.1) is 5.33 Å². The largest absolute Gasteiger partial charge is 0.325 e. The van der Waals surface area contributed by atoms with Crippen LogP contribution in [-0.4, -0.2) is 11.2 Å². The maximum atomic E-state index is 11.2. The molecule has 0 heterocycles. The molecule has 1 aliphatic rings. The van der Waals surface area contributed by atoms with Crippen LogP contribution in [0.4, 0.5) is 5.69 Å². The third-order valence-electron chi connectivity index (χ3n) is 2.37. The molecule has 0 saturated heterocycles.